The molecule has 23 heavy (non-hydrogen) atoms. The van der Waals surface area contributed by atoms with E-state index in [1.165, 1.54) is 11.1 Å². The van der Waals surface area contributed by atoms with Crippen molar-refractivity contribution in [1.82, 2.24) is 9.78 Å². The summed E-state index contributed by atoms with van der Waals surface area (Å²) in [5.41, 5.74) is 4.64. The van der Waals surface area contributed by atoms with Crippen molar-refractivity contribution in [2.24, 2.45) is 13.0 Å². The van der Waals surface area contributed by atoms with Crippen LogP contribution >= 0.6 is 0 Å². The molecule has 1 aromatic heterocycles. The van der Waals surface area contributed by atoms with Crippen LogP contribution < -0.4 is 4.90 Å². The molecule has 4 rings (SSSR count). The zero-order chi connectivity index (χ0) is 16.0. The number of fused-ring (bicyclic) bond motifs is 1. The van der Waals surface area contributed by atoms with Gasteiger partial charge in [0.2, 0.25) is 5.91 Å². The summed E-state index contributed by atoms with van der Waals surface area (Å²) in [6, 6.07) is 6.20. The smallest absolute Gasteiger partial charge is 0.233 e. The molecule has 1 aromatic carbocycles. The van der Waals surface area contributed by atoms with E-state index >= 15 is 0 Å². The fraction of sp³-hybridized carbons (Fsp3) is 0.444. The lowest BCUT2D eigenvalue weighted by molar-refractivity contribution is -0.124. The Morgan fingerprint density at radius 2 is 2.26 bits per heavy atom. The summed E-state index contributed by atoms with van der Waals surface area (Å²) in [6.07, 6.45) is 5.29. The van der Waals surface area contributed by atoms with Crippen molar-refractivity contribution >= 4 is 11.6 Å². The summed E-state index contributed by atoms with van der Waals surface area (Å²) in [6.45, 7) is 3.52. The molecule has 1 fully saturated rings. The van der Waals surface area contributed by atoms with E-state index in [1.54, 1.807) is 10.9 Å². The van der Waals surface area contributed by atoms with E-state index in [4.69, 9.17) is 4.74 Å². The Morgan fingerprint density at radius 1 is 1.39 bits per heavy atom. The minimum atomic E-state index is -0.176. The number of rotatable bonds is 2. The number of carbonyl (C=O) groups excluding carboxylic acids is 1. The third-order valence-electron chi connectivity index (χ3n) is 4.99. The first-order chi connectivity index (χ1) is 11.1. The van der Waals surface area contributed by atoms with Gasteiger partial charge in [0.15, 0.2) is 0 Å². The first-order valence-corrected chi connectivity index (χ1v) is 8.15. The molecule has 120 valence electrons. The molecule has 0 radical (unpaired) electrons. The molecule has 2 atom stereocenters. The summed E-state index contributed by atoms with van der Waals surface area (Å²) < 4.78 is 7.61. The maximum absolute atomic E-state index is 13.1. The van der Waals surface area contributed by atoms with Gasteiger partial charge >= 0.3 is 0 Å². The molecule has 0 N–H and O–H groups in total. The van der Waals surface area contributed by atoms with E-state index in [0.29, 0.717) is 6.61 Å². The number of carbonyl (C=O) groups is 1. The van der Waals surface area contributed by atoms with Gasteiger partial charge in [-0.3, -0.25) is 9.48 Å². The highest BCUT2D eigenvalue weighted by Crippen LogP contribution is 2.39. The van der Waals surface area contributed by atoms with Gasteiger partial charge in [-0.15, -0.1) is 0 Å². The van der Waals surface area contributed by atoms with Crippen LogP contribution in [-0.2, 0) is 23.0 Å². The molecule has 0 unspecified atom stereocenters. The second-order valence-corrected chi connectivity index (χ2v) is 6.45. The maximum atomic E-state index is 13.1. The summed E-state index contributed by atoms with van der Waals surface area (Å²) in [4.78, 5) is 15.1. The lowest BCUT2D eigenvalue weighted by Gasteiger charge is -2.24. The fourth-order valence-electron chi connectivity index (χ4n) is 3.80. The SMILES string of the molecule is Cc1cccc2c1CCN2C(=O)[C@H]1CCO[C@@H]1c1cnn(C)c1. The van der Waals surface area contributed by atoms with Gasteiger partial charge in [-0.25, -0.2) is 0 Å². The minimum absolute atomic E-state index is 0.120. The van der Waals surface area contributed by atoms with Crippen LogP contribution in [0.5, 0.6) is 0 Å². The van der Waals surface area contributed by atoms with Crippen LogP contribution in [0.25, 0.3) is 0 Å². The van der Waals surface area contributed by atoms with Crippen molar-refractivity contribution in [1.29, 1.82) is 0 Å². The predicted octanol–water partition coefficient (Wildman–Crippen LogP) is 2.40. The highest BCUT2D eigenvalue weighted by Gasteiger charge is 2.40. The molecule has 3 heterocycles. The van der Waals surface area contributed by atoms with E-state index in [2.05, 4.69) is 24.2 Å². The third kappa shape index (κ3) is 2.36. The largest absolute Gasteiger partial charge is 0.373 e. The molecule has 5 heteroatoms. The number of nitrogens with zero attached hydrogens (tertiary/aromatic N) is 3. The normalized spacial score (nSPS) is 23.3. The monoisotopic (exact) mass is 311 g/mol. The third-order valence-corrected chi connectivity index (χ3v) is 4.99. The molecule has 2 aliphatic heterocycles. The van der Waals surface area contributed by atoms with Gasteiger partial charge in [0.25, 0.3) is 0 Å². The zero-order valence-electron chi connectivity index (χ0n) is 13.5. The van der Waals surface area contributed by atoms with Crippen LogP contribution in [0.4, 0.5) is 5.69 Å². The van der Waals surface area contributed by atoms with Gasteiger partial charge in [0.1, 0.15) is 0 Å². The van der Waals surface area contributed by atoms with Crippen molar-refractivity contribution in [3.63, 3.8) is 0 Å². The lowest BCUT2D eigenvalue weighted by Crippen LogP contribution is -2.36. The minimum Gasteiger partial charge on any atom is -0.373 e. The number of ether oxygens (including phenoxy) is 1. The quantitative estimate of drug-likeness (QED) is 0.855. The molecule has 1 saturated heterocycles. The summed E-state index contributed by atoms with van der Waals surface area (Å²) in [5.74, 6) is 0.0614. The zero-order valence-corrected chi connectivity index (χ0v) is 13.5. The molecule has 1 amide bonds. The number of hydrogen-bond donors (Lipinski definition) is 0. The molecule has 5 nitrogen and oxygen atoms in total. The van der Waals surface area contributed by atoms with E-state index in [-0.39, 0.29) is 17.9 Å². The standard InChI is InChI=1S/C18H21N3O2/c1-12-4-3-5-16-14(12)6-8-21(16)18(22)15-7-9-23-17(15)13-10-19-20(2)11-13/h3-5,10-11,15,17H,6-9H2,1-2H3/t15-,17+/m0/s1. The Morgan fingerprint density at radius 3 is 3.04 bits per heavy atom. The first kappa shape index (κ1) is 14.5. The number of aromatic nitrogens is 2. The highest BCUT2D eigenvalue weighted by molar-refractivity contribution is 5.97. The second kappa shape index (κ2) is 5.49. The van der Waals surface area contributed by atoms with Crippen molar-refractivity contribution in [3.05, 3.63) is 47.3 Å². The van der Waals surface area contributed by atoms with Crippen molar-refractivity contribution in [2.75, 3.05) is 18.1 Å². The van der Waals surface area contributed by atoms with E-state index < -0.39 is 0 Å². The Hall–Kier alpha value is -2.14. The van der Waals surface area contributed by atoms with Gasteiger partial charge in [-0.1, -0.05) is 12.1 Å². The van der Waals surface area contributed by atoms with Gasteiger partial charge in [-0.2, -0.15) is 5.10 Å². The number of anilines is 1. The summed E-state index contributed by atoms with van der Waals surface area (Å²) in [5, 5.41) is 4.21. The van der Waals surface area contributed by atoms with Gasteiger partial charge in [-0.05, 0) is 37.0 Å². The number of benzene rings is 1. The first-order valence-electron chi connectivity index (χ1n) is 8.15. The maximum Gasteiger partial charge on any atom is 0.233 e. The summed E-state index contributed by atoms with van der Waals surface area (Å²) in [7, 11) is 1.88. The topological polar surface area (TPSA) is 47.4 Å². The second-order valence-electron chi connectivity index (χ2n) is 6.45. The van der Waals surface area contributed by atoms with E-state index in [0.717, 1.165) is 30.6 Å². The van der Waals surface area contributed by atoms with Crippen LogP contribution in [0.2, 0.25) is 0 Å². The molecular formula is C18H21N3O2. The Labute approximate surface area is 135 Å². The van der Waals surface area contributed by atoms with Gasteiger partial charge < -0.3 is 9.64 Å². The number of amides is 1. The van der Waals surface area contributed by atoms with E-state index in [1.807, 2.05) is 24.2 Å². The van der Waals surface area contributed by atoms with Crippen LogP contribution in [0.15, 0.2) is 30.6 Å². The molecule has 0 aliphatic carbocycles. The predicted molar refractivity (Wildman–Crippen MR) is 87.2 cm³/mol. The van der Waals surface area contributed by atoms with Gasteiger partial charge in [0, 0.05) is 37.6 Å². The molecule has 2 aromatic rings. The highest BCUT2D eigenvalue weighted by atomic mass is 16.5. The average molecular weight is 311 g/mol. The molecule has 0 spiro atoms. The Bertz CT molecular complexity index is 752. The molecular weight excluding hydrogens is 290 g/mol. The lowest BCUT2D eigenvalue weighted by atomic mass is 9.95. The van der Waals surface area contributed by atoms with E-state index in [9.17, 15) is 4.79 Å². The van der Waals surface area contributed by atoms with Crippen molar-refractivity contribution in [3.8, 4) is 0 Å². The van der Waals surface area contributed by atoms with Crippen LogP contribution in [0.3, 0.4) is 0 Å². The van der Waals surface area contributed by atoms with Crippen LogP contribution in [0, 0.1) is 12.8 Å². The van der Waals surface area contributed by atoms with Crippen molar-refractivity contribution in [2.45, 2.75) is 25.9 Å². The Balaban J connectivity index is 1.61. The van der Waals surface area contributed by atoms with Crippen LogP contribution in [0.1, 0.15) is 29.2 Å². The summed E-state index contributed by atoms with van der Waals surface area (Å²) >= 11 is 0. The van der Waals surface area contributed by atoms with Crippen molar-refractivity contribution < 1.29 is 9.53 Å². The molecule has 0 saturated carbocycles. The average Bonchev–Trinajstić information content (AvgIpc) is 3.25. The molecule has 2 aliphatic rings. The fourth-order valence-corrected chi connectivity index (χ4v) is 3.80. The van der Waals surface area contributed by atoms with Crippen LogP contribution in [-0.4, -0.2) is 28.8 Å². The van der Waals surface area contributed by atoms with Gasteiger partial charge in [0.05, 0.1) is 18.2 Å². The molecule has 0 bridgehead atoms. The Kier molecular flexibility index (Phi) is 3.45. The number of aryl methyl sites for hydroxylation is 2. The number of hydrogen-bond acceptors (Lipinski definition) is 3.